The van der Waals surface area contributed by atoms with Crippen LogP contribution in [0.3, 0.4) is 0 Å². The quantitative estimate of drug-likeness (QED) is 0.660. The van der Waals surface area contributed by atoms with Gasteiger partial charge in [0.15, 0.2) is 0 Å². The topological polar surface area (TPSA) is 9.23 Å². The summed E-state index contributed by atoms with van der Waals surface area (Å²) < 4.78 is 5.69. The molecule has 0 fully saturated rings. The molecular formula is C18H20O. The summed E-state index contributed by atoms with van der Waals surface area (Å²) in [6.07, 6.45) is 4.00. The fraction of sp³-hybridized carbons (Fsp3) is 0.222. The SMILES string of the molecule is C=Cc1ccc(COCCCc2ccccc2)cc1. The molecule has 0 aliphatic rings. The molecular weight excluding hydrogens is 232 g/mol. The Morgan fingerprint density at radius 2 is 1.63 bits per heavy atom. The van der Waals surface area contributed by atoms with Crippen molar-refractivity contribution in [2.45, 2.75) is 19.4 Å². The van der Waals surface area contributed by atoms with E-state index in [1.165, 1.54) is 11.1 Å². The van der Waals surface area contributed by atoms with E-state index in [1.807, 2.05) is 12.1 Å². The van der Waals surface area contributed by atoms with Crippen molar-refractivity contribution in [3.63, 3.8) is 0 Å². The van der Waals surface area contributed by atoms with E-state index >= 15 is 0 Å². The van der Waals surface area contributed by atoms with E-state index in [0.717, 1.165) is 25.0 Å². The summed E-state index contributed by atoms with van der Waals surface area (Å²) in [7, 11) is 0. The molecule has 0 aliphatic carbocycles. The number of ether oxygens (including phenoxy) is 1. The number of hydrogen-bond donors (Lipinski definition) is 0. The Morgan fingerprint density at radius 1 is 0.895 bits per heavy atom. The molecule has 0 heterocycles. The van der Waals surface area contributed by atoms with Gasteiger partial charge in [-0.1, -0.05) is 67.3 Å². The van der Waals surface area contributed by atoms with Gasteiger partial charge in [-0.25, -0.2) is 0 Å². The van der Waals surface area contributed by atoms with E-state index < -0.39 is 0 Å². The maximum Gasteiger partial charge on any atom is 0.0716 e. The molecule has 2 aromatic rings. The van der Waals surface area contributed by atoms with Gasteiger partial charge in [0.1, 0.15) is 0 Å². The molecule has 0 bridgehead atoms. The predicted molar refractivity (Wildman–Crippen MR) is 81.0 cm³/mol. The minimum Gasteiger partial charge on any atom is -0.377 e. The summed E-state index contributed by atoms with van der Waals surface area (Å²) in [5.41, 5.74) is 3.74. The van der Waals surface area contributed by atoms with Crippen LogP contribution in [0.5, 0.6) is 0 Å². The molecule has 0 N–H and O–H groups in total. The lowest BCUT2D eigenvalue weighted by atomic mass is 10.1. The van der Waals surface area contributed by atoms with E-state index in [2.05, 4.69) is 55.1 Å². The molecule has 0 saturated heterocycles. The first kappa shape index (κ1) is 13.6. The summed E-state index contributed by atoms with van der Waals surface area (Å²) in [5.74, 6) is 0. The van der Waals surface area contributed by atoms with Crippen LogP contribution in [0.15, 0.2) is 61.2 Å². The minimum atomic E-state index is 0.687. The average Bonchev–Trinajstić information content (AvgIpc) is 2.49. The first-order valence-electron chi connectivity index (χ1n) is 6.71. The highest BCUT2D eigenvalue weighted by molar-refractivity contribution is 5.47. The predicted octanol–water partition coefficient (Wildman–Crippen LogP) is 4.48. The van der Waals surface area contributed by atoms with Gasteiger partial charge in [0, 0.05) is 6.61 Å². The zero-order valence-corrected chi connectivity index (χ0v) is 11.2. The van der Waals surface area contributed by atoms with Crippen LogP contribution in [0.25, 0.3) is 6.08 Å². The lowest BCUT2D eigenvalue weighted by molar-refractivity contribution is 0.118. The van der Waals surface area contributed by atoms with Crippen LogP contribution in [0, 0.1) is 0 Å². The Hall–Kier alpha value is -1.86. The van der Waals surface area contributed by atoms with Gasteiger partial charge in [-0.3, -0.25) is 0 Å². The second kappa shape index (κ2) is 7.55. The summed E-state index contributed by atoms with van der Waals surface area (Å²) in [6.45, 7) is 5.24. The number of benzene rings is 2. The monoisotopic (exact) mass is 252 g/mol. The van der Waals surface area contributed by atoms with E-state index in [0.29, 0.717) is 6.61 Å². The second-order valence-electron chi connectivity index (χ2n) is 4.59. The van der Waals surface area contributed by atoms with Crippen LogP contribution in [0.2, 0.25) is 0 Å². The van der Waals surface area contributed by atoms with Crippen molar-refractivity contribution < 1.29 is 4.74 Å². The van der Waals surface area contributed by atoms with E-state index in [-0.39, 0.29) is 0 Å². The van der Waals surface area contributed by atoms with Crippen molar-refractivity contribution in [1.82, 2.24) is 0 Å². The molecule has 1 heteroatoms. The molecule has 0 aliphatic heterocycles. The van der Waals surface area contributed by atoms with Gasteiger partial charge < -0.3 is 4.74 Å². The Balaban J connectivity index is 1.65. The number of rotatable bonds is 7. The minimum absolute atomic E-state index is 0.687. The number of aryl methyl sites for hydroxylation is 1. The summed E-state index contributed by atoms with van der Waals surface area (Å²) in [4.78, 5) is 0. The largest absolute Gasteiger partial charge is 0.377 e. The fourth-order valence-corrected chi connectivity index (χ4v) is 1.96. The zero-order valence-electron chi connectivity index (χ0n) is 11.2. The van der Waals surface area contributed by atoms with Crippen molar-refractivity contribution in [2.75, 3.05) is 6.61 Å². The van der Waals surface area contributed by atoms with Gasteiger partial charge in [-0.2, -0.15) is 0 Å². The molecule has 98 valence electrons. The van der Waals surface area contributed by atoms with Crippen molar-refractivity contribution in [1.29, 1.82) is 0 Å². The molecule has 19 heavy (non-hydrogen) atoms. The molecule has 0 spiro atoms. The van der Waals surface area contributed by atoms with Crippen LogP contribution in [-0.4, -0.2) is 6.61 Å². The van der Waals surface area contributed by atoms with Gasteiger partial charge in [-0.15, -0.1) is 0 Å². The lowest BCUT2D eigenvalue weighted by Gasteiger charge is -2.05. The van der Waals surface area contributed by atoms with Crippen LogP contribution in [0.4, 0.5) is 0 Å². The van der Waals surface area contributed by atoms with Crippen LogP contribution < -0.4 is 0 Å². The van der Waals surface area contributed by atoms with Crippen molar-refractivity contribution in [3.05, 3.63) is 77.9 Å². The molecule has 0 amide bonds. The van der Waals surface area contributed by atoms with Crippen LogP contribution in [-0.2, 0) is 17.8 Å². The van der Waals surface area contributed by atoms with Crippen molar-refractivity contribution >= 4 is 6.08 Å². The summed E-state index contributed by atoms with van der Waals surface area (Å²) in [5, 5.41) is 0. The molecule has 0 radical (unpaired) electrons. The van der Waals surface area contributed by atoms with Crippen LogP contribution >= 0.6 is 0 Å². The summed E-state index contributed by atoms with van der Waals surface area (Å²) >= 11 is 0. The Kier molecular flexibility index (Phi) is 5.39. The van der Waals surface area contributed by atoms with Crippen LogP contribution in [0.1, 0.15) is 23.1 Å². The maximum atomic E-state index is 5.69. The highest BCUT2D eigenvalue weighted by atomic mass is 16.5. The third-order valence-corrected chi connectivity index (χ3v) is 3.08. The second-order valence-corrected chi connectivity index (χ2v) is 4.59. The van der Waals surface area contributed by atoms with Crippen molar-refractivity contribution in [3.8, 4) is 0 Å². The van der Waals surface area contributed by atoms with Gasteiger partial charge in [0.25, 0.3) is 0 Å². The first-order chi connectivity index (χ1) is 9.38. The lowest BCUT2D eigenvalue weighted by Crippen LogP contribution is -1.97. The Bertz CT molecular complexity index is 485. The van der Waals surface area contributed by atoms with Crippen molar-refractivity contribution in [2.24, 2.45) is 0 Å². The van der Waals surface area contributed by atoms with E-state index in [1.54, 1.807) is 0 Å². The number of hydrogen-bond acceptors (Lipinski definition) is 1. The first-order valence-corrected chi connectivity index (χ1v) is 6.71. The zero-order chi connectivity index (χ0) is 13.3. The maximum absolute atomic E-state index is 5.69. The third kappa shape index (κ3) is 4.72. The van der Waals surface area contributed by atoms with Gasteiger partial charge >= 0.3 is 0 Å². The van der Waals surface area contributed by atoms with Gasteiger partial charge in [-0.05, 0) is 29.5 Å². The molecule has 0 saturated carbocycles. The normalized spacial score (nSPS) is 10.3. The average molecular weight is 252 g/mol. The highest BCUT2D eigenvalue weighted by Crippen LogP contribution is 2.07. The van der Waals surface area contributed by atoms with E-state index in [9.17, 15) is 0 Å². The molecule has 2 rings (SSSR count). The molecule has 0 unspecified atom stereocenters. The van der Waals surface area contributed by atoms with Gasteiger partial charge in [0.2, 0.25) is 0 Å². The Morgan fingerprint density at radius 3 is 2.32 bits per heavy atom. The standard InChI is InChI=1S/C18H20O/c1-2-16-10-12-18(13-11-16)15-19-14-6-9-17-7-4-3-5-8-17/h2-5,7-8,10-13H,1,6,9,14-15H2. The third-order valence-electron chi connectivity index (χ3n) is 3.08. The smallest absolute Gasteiger partial charge is 0.0716 e. The molecule has 0 aromatic heterocycles. The highest BCUT2D eigenvalue weighted by Gasteiger charge is 1.95. The van der Waals surface area contributed by atoms with Gasteiger partial charge in [0.05, 0.1) is 6.61 Å². The fourth-order valence-electron chi connectivity index (χ4n) is 1.96. The molecule has 0 atom stereocenters. The Labute approximate surface area is 115 Å². The molecule has 1 nitrogen and oxygen atoms in total. The van der Waals surface area contributed by atoms with E-state index in [4.69, 9.17) is 4.74 Å². The summed E-state index contributed by atoms with van der Waals surface area (Å²) in [6, 6.07) is 18.8. The molecule has 2 aromatic carbocycles.